The van der Waals surface area contributed by atoms with E-state index in [0.717, 1.165) is 18.9 Å². The average molecular weight is 573 g/mol. The van der Waals surface area contributed by atoms with Crippen LogP contribution in [0.3, 0.4) is 0 Å². The van der Waals surface area contributed by atoms with Gasteiger partial charge >= 0.3 is 5.97 Å². The van der Waals surface area contributed by atoms with E-state index in [1.807, 2.05) is 4.90 Å². The smallest absolute Gasteiger partial charge is 0.323 e. The number of nitrogens with one attached hydrogen (secondary N) is 3. The first-order valence-corrected chi connectivity index (χ1v) is 13.9. The lowest BCUT2D eigenvalue weighted by molar-refractivity contribution is -0.138. The molecule has 4 N–H and O–H groups in total. The molecule has 2 heterocycles. The van der Waals surface area contributed by atoms with Crippen molar-refractivity contribution in [3.05, 3.63) is 72.3 Å². The van der Waals surface area contributed by atoms with Gasteiger partial charge in [0.1, 0.15) is 17.6 Å². The summed E-state index contributed by atoms with van der Waals surface area (Å²) in [5, 5.41) is 15.1. The van der Waals surface area contributed by atoms with Crippen LogP contribution in [-0.2, 0) is 14.8 Å². The van der Waals surface area contributed by atoms with Gasteiger partial charge in [-0.25, -0.2) is 22.8 Å². The fourth-order valence-corrected chi connectivity index (χ4v) is 5.40. The Morgan fingerprint density at radius 3 is 2.40 bits per heavy atom. The van der Waals surface area contributed by atoms with Gasteiger partial charge in [0.15, 0.2) is 0 Å². The van der Waals surface area contributed by atoms with Crippen molar-refractivity contribution in [1.29, 1.82) is 0 Å². The van der Waals surface area contributed by atoms with E-state index in [4.69, 9.17) is 4.74 Å². The number of hydrogen-bond donors (Lipinski definition) is 4. The zero-order chi connectivity index (χ0) is 28.7. The van der Waals surface area contributed by atoms with Crippen LogP contribution in [0.2, 0.25) is 0 Å². The second-order valence-electron chi connectivity index (χ2n) is 9.04. The summed E-state index contributed by atoms with van der Waals surface area (Å²) >= 11 is 0. The van der Waals surface area contributed by atoms with Crippen molar-refractivity contribution in [2.24, 2.45) is 0 Å². The quantitative estimate of drug-likeness (QED) is 0.267. The van der Waals surface area contributed by atoms with E-state index in [0.29, 0.717) is 30.5 Å². The first-order chi connectivity index (χ1) is 19.2. The third-order valence-electron chi connectivity index (χ3n) is 6.38. The molecule has 212 valence electrons. The van der Waals surface area contributed by atoms with E-state index < -0.39 is 40.3 Å². The highest BCUT2D eigenvalue weighted by Crippen LogP contribution is 2.25. The van der Waals surface area contributed by atoms with Crippen molar-refractivity contribution in [3.8, 4) is 5.75 Å². The van der Waals surface area contributed by atoms with Gasteiger partial charge in [0.05, 0.1) is 17.7 Å². The van der Waals surface area contributed by atoms with Crippen LogP contribution in [0.1, 0.15) is 23.2 Å². The standard InChI is InChI=1S/C26H29FN6O6S/c1-39-19-4-6-20(7-5-19)40(37,38)32-22(25(35)36)16-30-24(34)17-3-8-23(21(27)15-17)33-13-9-18(10-14-33)31-26-28-11-2-12-29-26/h2-8,11-12,15,18,22,32H,9-10,13-14,16H2,1H3,(H,30,34)(H,35,36)(H,28,29,31)/t22-/m0/s1. The number of aromatic nitrogens is 2. The van der Waals surface area contributed by atoms with Gasteiger partial charge in [0.2, 0.25) is 16.0 Å². The molecule has 12 nitrogen and oxygen atoms in total. The van der Waals surface area contributed by atoms with Crippen LogP contribution < -0.4 is 25.0 Å². The SMILES string of the molecule is COc1ccc(S(=O)(=O)N[C@@H](CNC(=O)c2ccc(N3CCC(Nc4ncccn4)CC3)c(F)c2)C(=O)O)cc1. The summed E-state index contributed by atoms with van der Waals surface area (Å²) < 4.78 is 47.3. The Bertz CT molecular complexity index is 1430. The number of sulfonamides is 1. The molecule has 1 aliphatic rings. The highest BCUT2D eigenvalue weighted by Gasteiger charge is 2.27. The molecule has 1 aliphatic heterocycles. The lowest BCUT2D eigenvalue weighted by Crippen LogP contribution is -2.48. The number of nitrogens with zero attached hydrogens (tertiary/aromatic N) is 3. The summed E-state index contributed by atoms with van der Waals surface area (Å²) in [6.07, 6.45) is 4.78. The summed E-state index contributed by atoms with van der Waals surface area (Å²) in [6.45, 7) is 0.613. The number of benzene rings is 2. The molecule has 0 spiro atoms. The van der Waals surface area contributed by atoms with Gasteiger partial charge < -0.3 is 25.4 Å². The average Bonchev–Trinajstić information content (AvgIpc) is 2.96. The Morgan fingerprint density at radius 1 is 1.12 bits per heavy atom. The van der Waals surface area contributed by atoms with Gasteiger partial charge in [-0.1, -0.05) is 0 Å². The molecule has 1 saturated heterocycles. The third-order valence-corrected chi connectivity index (χ3v) is 7.86. The number of carboxylic acids is 1. The van der Waals surface area contributed by atoms with E-state index in [1.54, 1.807) is 18.5 Å². The van der Waals surface area contributed by atoms with Crippen molar-refractivity contribution in [3.63, 3.8) is 0 Å². The molecule has 14 heteroatoms. The zero-order valence-corrected chi connectivity index (χ0v) is 22.4. The summed E-state index contributed by atoms with van der Waals surface area (Å²) in [5.74, 6) is -1.86. The molecular formula is C26H29FN6O6S. The van der Waals surface area contributed by atoms with Crippen molar-refractivity contribution in [2.45, 2.75) is 29.8 Å². The Hall–Kier alpha value is -4.30. The van der Waals surface area contributed by atoms with Crippen molar-refractivity contribution in [2.75, 3.05) is 37.0 Å². The second kappa shape index (κ2) is 12.7. The molecule has 0 aliphatic carbocycles. The number of aliphatic carboxylic acids is 1. The number of anilines is 2. The summed E-state index contributed by atoms with van der Waals surface area (Å²) in [5.41, 5.74) is 0.322. The van der Waals surface area contributed by atoms with Crippen LogP contribution >= 0.6 is 0 Å². The van der Waals surface area contributed by atoms with Gasteiger partial charge in [-0.2, -0.15) is 4.72 Å². The second-order valence-corrected chi connectivity index (χ2v) is 10.8. The molecule has 3 aromatic rings. The van der Waals surface area contributed by atoms with Crippen LogP contribution in [0.5, 0.6) is 5.75 Å². The fraction of sp³-hybridized carbons (Fsp3) is 0.308. The number of amides is 1. The van der Waals surface area contributed by atoms with E-state index in [-0.39, 0.29) is 16.5 Å². The van der Waals surface area contributed by atoms with Crippen molar-refractivity contribution in [1.82, 2.24) is 20.0 Å². The fourth-order valence-electron chi connectivity index (χ4n) is 4.21. The Balaban J connectivity index is 1.33. The Morgan fingerprint density at radius 2 is 1.80 bits per heavy atom. The lowest BCUT2D eigenvalue weighted by atomic mass is 10.0. The van der Waals surface area contributed by atoms with Crippen LogP contribution in [0.15, 0.2) is 65.8 Å². The topological polar surface area (TPSA) is 163 Å². The number of halogens is 1. The summed E-state index contributed by atoms with van der Waals surface area (Å²) in [7, 11) is -2.78. The number of rotatable bonds is 11. The van der Waals surface area contributed by atoms with Crippen LogP contribution in [0, 0.1) is 5.82 Å². The molecule has 0 saturated carbocycles. The molecule has 2 aromatic carbocycles. The maximum atomic E-state index is 15.0. The number of ether oxygens (including phenoxy) is 1. The lowest BCUT2D eigenvalue weighted by Gasteiger charge is -2.34. The van der Waals surface area contributed by atoms with Crippen LogP contribution in [0.4, 0.5) is 16.0 Å². The normalized spacial score (nSPS) is 14.8. The van der Waals surface area contributed by atoms with Crippen LogP contribution in [-0.4, -0.2) is 74.2 Å². The maximum Gasteiger partial charge on any atom is 0.323 e. The summed E-state index contributed by atoms with van der Waals surface area (Å²) in [4.78, 5) is 34.4. The van der Waals surface area contributed by atoms with Gasteiger partial charge in [-0.15, -0.1) is 0 Å². The monoisotopic (exact) mass is 572 g/mol. The van der Waals surface area contributed by atoms with E-state index in [9.17, 15) is 27.5 Å². The predicted molar refractivity (Wildman–Crippen MR) is 144 cm³/mol. The first-order valence-electron chi connectivity index (χ1n) is 12.4. The molecule has 1 fully saturated rings. The highest BCUT2D eigenvalue weighted by molar-refractivity contribution is 7.89. The number of carboxylic acid groups (broad SMARTS) is 1. The largest absolute Gasteiger partial charge is 0.497 e. The van der Waals surface area contributed by atoms with Gasteiger partial charge in [-0.05, 0) is 61.4 Å². The van der Waals surface area contributed by atoms with Gasteiger partial charge in [0, 0.05) is 43.6 Å². The number of piperidine rings is 1. The minimum Gasteiger partial charge on any atom is -0.497 e. The zero-order valence-electron chi connectivity index (χ0n) is 21.6. The number of carbonyl (C=O) groups excluding carboxylic acids is 1. The molecule has 0 bridgehead atoms. The minimum absolute atomic E-state index is 0.0267. The van der Waals surface area contributed by atoms with Crippen LogP contribution in [0.25, 0.3) is 0 Å². The van der Waals surface area contributed by atoms with Gasteiger partial charge in [-0.3, -0.25) is 9.59 Å². The highest BCUT2D eigenvalue weighted by atomic mass is 32.2. The van der Waals surface area contributed by atoms with Crippen molar-refractivity contribution < 1.29 is 32.2 Å². The molecule has 1 aromatic heterocycles. The summed E-state index contributed by atoms with van der Waals surface area (Å²) in [6, 6.07) is 9.60. The molecule has 1 amide bonds. The molecule has 4 rings (SSSR count). The van der Waals surface area contributed by atoms with E-state index in [1.165, 1.54) is 43.5 Å². The molecule has 0 radical (unpaired) electrons. The van der Waals surface area contributed by atoms with E-state index >= 15 is 0 Å². The number of carbonyl (C=O) groups is 2. The Kier molecular flexibility index (Phi) is 9.11. The predicted octanol–water partition coefficient (Wildman–Crippen LogP) is 1.87. The van der Waals surface area contributed by atoms with Gasteiger partial charge in [0.25, 0.3) is 5.91 Å². The molecule has 40 heavy (non-hydrogen) atoms. The van der Waals surface area contributed by atoms with Crippen molar-refractivity contribution >= 4 is 33.5 Å². The molecule has 0 unspecified atom stereocenters. The minimum atomic E-state index is -4.20. The third kappa shape index (κ3) is 7.21. The molecular weight excluding hydrogens is 543 g/mol. The molecule has 1 atom stereocenters. The number of methoxy groups -OCH3 is 1. The first kappa shape index (κ1) is 28.7. The Labute approximate surface area is 230 Å². The van der Waals surface area contributed by atoms with E-state index in [2.05, 4.69) is 25.3 Å². The number of hydrogen-bond acceptors (Lipinski definition) is 9. The maximum absolute atomic E-state index is 15.0.